The first kappa shape index (κ1) is 12.6. The number of pyridine rings is 1. The number of nitrogens with one attached hydrogen (secondary N) is 1. The maximum absolute atomic E-state index is 11.7. The van der Waals surface area contributed by atoms with Crippen molar-refractivity contribution in [3.05, 3.63) is 30.1 Å². The summed E-state index contributed by atoms with van der Waals surface area (Å²) in [7, 11) is 0. The van der Waals surface area contributed by atoms with Gasteiger partial charge in [-0.25, -0.2) is 0 Å². The van der Waals surface area contributed by atoms with Crippen LogP contribution in [0.4, 0.5) is 0 Å². The van der Waals surface area contributed by atoms with Crippen molar-refractivity contribution in [3.8, 4) is 0 Å². The molecule has 0 aliphatic rings. The Morgan fingerprint density at radius 3 is 2.62 bits per heavy atom. The van der Waals surface area contributed by atoms with Crippen LogP contribution in [0, 0.1) is 5.41 Å². The molecule has 3 N–H and O–H groups in total. The molecule has 0 spiro atoms. The molecular weight excluding hydrogens is 202 g/mol. The first-order valence-corrected chi connectivity index (χ1v) is 5.43. The Labute approximate surface area is 96.3 Å². The van der Waals surface area contributed by atoms with Crippen LogP contribution in [0.25, 0.3) is 0 Å². The molecule has 0 aromatic carbocycles. The minimum absolute atomic E-state index is 0.0391. The number of carbonyl (C=O) groups is 1. The van der Waals surface area contributed by atoms with E-state index in [0.29, 0.717) is 18.7 Å². The molecule has 0 aliphatic heterocycles. The number of rotatable bonds is 5. The summed E-state index contributed by atoms with van der Waals surface area (Å²) in [4.78, 5) is 15.6. The molecule has 88 valence electrons. The summed E-state index contributed by atoms with van der Waals surface area (Å²) in [5.41, 5.74) is 6.19. The van der Waals surface area contributed by atoms with Gasteiger partial charge in [-0.3, -0.25) is 9.78 Å². The van der Waals surface area contributed by atoms with Crippen LogP contribution in [0.15, 0.2) is 24.5 Å². The molecule has 0 saturated carbocycles. The van der Waals surface area contributed by atoms with Crippen LogP contribution in [0.3, 0.4) is 0 Å². The molecule has 4 nitrogen and oxygen atoms in total. The van der Waals surface area contributed by atoms with Gasteiger partial charge in [-0.05, 0) is 30.5 Å². The summed E-state index contributed by atoms with van der Waals surface area (Å²) in [5.74, 6) is -0.0625. The monoisotopic (exact) mass is 221 g/mol. The van der Waals surface area contributed by atoms with Crippen LogP contribution >= 0.6 is 0 Å². The fourth-order valence-corrected chi connectivity index (χ4v) is 1.40. The Morgan fingerprint density at radius 1 is 1.44 bits per heavy atom. The predicted molar refractivity (Wildman–Crippen MR) is 64.0 cm³/mol. The van der Waals surface area contributed by atoms with E-state index in [4.69, 9.17) is 5.73 Å². The predicted octanol–water partition coefficient (Wildman–Crippen LogP) is 1.19. The minimum Gasteiger partial charge on any atom is -0.352 e. The third-order valence-corrected chi connectivity index (χ3v) is 2.49. The second-order valence-electron chi connectivity index (χ2n) is 4.62. The van der Waals surface area contributed by atoms with Crippen molar-refractivity contribution in [2.45, 2.75) is 20.3 Å². The lowest BCUT2D eigenvalue weighted by atomic mass is 9.89. The zero-order valence-corrected chi connectivity index (χ0v) is 9.86. The van der Waals surface area contributed by atoms with E-state index in [9.17, 15) is 4.79 Å². The summed E-state index contributed by atoms with van der Waals surface area (Å²) < 4.78 is 0. The summed E-state index contributed by atoms with van der Waals surface area (Å²) >= 11 is 0. The first-order valence-electron chi connectivity index (χ1n) is 5.43. The normalized spacial score (nSPS) is 11.2. The van der Waals surface area contributed by atoms with E-state index >= 15 is 0 Å². The Kier molecular flexibility index (Phi) is 4.43. The molecule has 0 fully saturated rings. The molecule has 1 amide bonds. The number of carbonyl (C=O) groups excluding carboxylic acids is 1. The van der Waals surface area contributed by atoms with Crippen LogP contribution in [0.2, 0.25) is 0 Å². The smallest absolute Gasteiger partial charge is 0.251 e. The van der Waals surface area contributed by atoms with Gasteiger partial charge in [0.1, 0.15) is 0 Å². The van der Waals surface area contributed by atoms with Gasteiger partial charge < -0.3 is 11.1 Å². The third-order valence-electron chi connectivity index (χ3n) is 2.49. The van der Waals surface area contributed by atoms with E-state index < -0.39 is 0 Å². The van der Waals surface area contributed by atoms with Crippen molar-refractivity contribution in [2.24, 2.45) is 11.1 Å². The van der Waals surface area contributed by atoms with Gasteiger partial charge in [-0.2, -0.15) is 0 Å². The van der Waals surface area contributed by atoms with Crippen molar-refractivity contribution in [1.29, 1.82) is 0 Å². The van der Waals surface area contributed by atoms with E-state index in [2.05, 4.69) is 24.1 Å². The number of nitrogens with two attached hydrogens (primary N) is 1. The summed E-state index contributed by atoms with van der Waals surface area (Å²) in [6, 6.07) is 3.40. The van der Waals surface area contributed by atoms with Gasteiger partial charge in [0.25, 0.3) is 5.91 Å². The lowest BCUT2D eigenvalue weighted by Gasteiger charge is -2.24. The second-order valence-corrected chi connectivity index (χ2v) is 4.62. The highest BCUT2D eigenvalue weighted by molar-refractivity contribution is 5.93. The fraction of sp³-hybridized carbons (Fsp3) is 0.500. The zero-order valence-electron chi connectivity index (χ0n) is 9.86. The molecule has 4 heteroatoms. The summed E-state index contributed by atoms with van der Waals surface area (Å²) in [5, 5.41) is 2.90. The van der Waals surface area contributed by atoms with Crippen LogP contribution < -0.4 is 11.1 Å². The molecule has 0 aliphatic carbocycles. The van der Waals surface area contributed by atoms with E-state index in [1.807, 2.05) is 0 Å². The molecule has 1 heterocycles. The molecule has 0 bridgehead atoms. The standard InChI is InChI=1S/C12H19N3O/c1-12(2,5-6-13)9-15-11(16)10-3-7-14-8-4-10/h3-4,7-8H,5-6,9,13H2,1-2H3,(H,15,16). The van der Waals surface area contributed by atoms with Gasteiger partial charge in [-0.1, -0.05) is 13.8 Å². The van der Waals surface area contributed by atoms with Crippen molar-refractivity contribution in [1.82, 2.24) is 10.3 Å². The molecule has 1 aromatic heterocycles. The lowest BCUT2D eigenvalue weighted by molar-refractivity contribution is 0.0935. The Bertz CT molecular complexity index is 335. The van der Waals surface area contributed by atoms with Crippen molar-refractivity contribution in [2.75, 3.05) is 13.1 Å². The van der Waals surface area contributed by atoms with Crippen LogP contribution in [-0.2, 0) is 0 Å². The highest BCUT2D eigenvalue weighted by Crippen LogP contribution is 2.17. The number of hydrogen-bond acceptors (Lipinski definition) is 3. The van der Waals surface area contributed by atoms with Crippen molar-refractivity contribution < 1.29 is 4.79 Å². The lowest BCUT2D eigenvalue weighted by Crippen LogP contribution is -2.35. The van der Waals surface area contributed by atoms with E-state index in [1.165, 1.54) is 0 Å². The molecule has 16 heavy (non-hydrogen) atoms. The molecule has 0 radical (unpaired) electrons. The summed E-state index contributed by atoms with van der Waals surface area (Å²) in [6.07, 6.45) is 4.11. The highest BCUT2D eigenvalue weighted by atomic mass is 16.1. The van der Waals surface area contributed by atoms with Gasteiger partial charge in [0, 0.05) is 24.5 Å². The Hall–Kier alpha value is -1.42. The molecule has 1 rings (SSSR count). The maximum Gasteiger partial charge on any atom is 0.251 e. The van der Waals surface area contributed by atoms with E-state index in [1.54, 1.807) is 24.5 Å². The third kappa shape index (κ3) is 3.98. The minimum atomic E-state index is -0.0625. The highest BCUT2D eigenvalue weighted by Gasteiger charge is 2.18. The van der Waals surface area contributed by atoms with Gasteiger partial charge in [-0.15, -0.1) is 0 Å². The van der Waals surface area contributed by atoms with Gasteiger partial charge >= 0.3 is 0 Å². The largest absolute Gasteiger partial charge is 0.352 e. The van der Waals surface area contributed by atoms with Crippen LogP contribution in [0.1, 0.15) is 30.6 Å². The fourth-order valence-electron chi connectivity index (χ4n) is 1.40. The number of hydrogen-bond donors (Lipinski definition) is 2. The molecule has 0 saturated heterocycles. The van der Waals surface area contributed by atoms with Crippen LogP contribution in [-0.4, -0.2) is 24.0 Å². The Balaban J connectivity index is 2.48. The zero-order chi connectivity index (χ0) is 12.0. The number of nitrogens with zero attached hydrogens (tertiary/aromatic N) is 1. The van der Waals surface area contributed by atoms with Gasteiger partial charge in [0.05, 0.1) is 0 Å². The van der Waals surface area contributed by atoms with E-state index in [0.717, 1.165) is 6.42 Å². The number of aromatic nitrogens is 1. The first-order chi connectivity index (χ1) is 7.55. The van der Waals surface area contributed by atoms with Crippen molar-refractivity contribution >= 4 is 5.91 Å². The maximum atomic E-state index is 11.7. The van der Waals surface area contributed by atoms with Gasteiger partial charge in [0.2, 0.25) is 0 Å². The van der Waals surface area contributed by atoms with E-state index in [-0.39, 0.29) is 11.3 Å². The molecule has 0 atom stereocenters. The SMILES string of the molecule is CC(C)(CCN)CNC(=O)c1ccncc1. The molecule has 0 unspecified atom stereocenters. The second kappa shape index (κ2) is 5.61. The Morgan fingerprint density at radius 2 is 2.06 bits per heavy atom. The average Bonchev–Trinajstić information content (AvgIpc) is 2.27. The molecular formula is C12H19N3O. The topological polar surface area (TPSA) is 68.0 Å². The average molecular weight is 221 g/mol. The quantitative estimate of drug-likeness (QED) is 0.784. The number of amides is 1. The van der Waals surface area contributed by atoms with Gasteiger partial charge in [0.15, 0.2) is 0 Å². The molecule has 1 aromatic rings. The summed E-state index contributed by atoms with van der Waals surface area (Å²) in [6.45, 7) is 5.45. The van der Waals surface area contributed by atoms with Crippen LogP contribution in [0.5, 0.6) is 0 Å². The van der Waals surface area contributed by atoms with Crippen molar-refractivity contribution in [3.63, 3.8) is 0 Å².